The normalized spacial score (nSPS) is 17.5. The molecule has 1 atom stereocenters. The number of rotatable bonds is 6. The lowest BCUT2D eigenvalue weighted by molar-refractivity contribution is -0.121. The highest BCUT2D eigenvalue weighted by Crippen LogP contribution is 2.27. The third kappa shape index (κ3) is 4.67. The number of aromatic nitrogens is 2. The molecular formula is C26H34N4O. The molecule has 0 bridgehead atoms. The van der Waals surface area contributed by atoms with Crippen LogP contribution in [0.15, 0.2) is 48.5 Å². The average Bonchev–Trinajstić information content (AvgIpc) is 3.12. The number of hydrogen-bond donors (Lipinski definition) is 1. The van der Waals surface area contributed by atoms with Crippen LogP contribution in [0.5, 0.6) is 0 Å². The Balaban J connectivity index is 1.48. The van der Waals surface area contributed by atoms with Gasteiger partial charge < -0.3 is 9.88 Å². The van der Waals surface area contributed by atoms with Crippen molar-refractivity contribution in [1.82, 2.24) is 14.5 Å². The maximum Gasteiger partial charge on any atom is 0.228 e. The second-order valence-electron chi connectivity index (χ2n) is 9.29. The molecule has 1 aliphatic heterocycles. The molecule has 1 aromatic heterocycles. The highest BCUT2D eigenvalue weighted by atomic mass is 16.1. The van der Waals surface area contributed by atoms with Gasteiger partial charge in [0.2, 0.25) is 5.91 Å². The van der Waals surface area contributed by atoms with E-state index in [1.54, 1.807) is 0 Å². The number of carbonyl (C=O) groups excluding carboxylic acids is 1. The van der Waals surface area contributed by atoms with Gasteiger partial charge in [0, 0.05) is 18.3 Å². The molecule has 2 aromatic carbocycles. The summed E-state index contributed by atoms with van der Waals surface area (Å²) in [6.45, 7) is 11.3. The molecule has 0 saturated carbocycles. The summed E-state index contributed by atoms with van der Waals surface area (Å²) in [4.78, 5) is 20.4. The lowest BCUT2D eigenvalue weighted by atomic mass is 9.96. The highest BCUT2D eigenvalue weighted by Gasteiger charge is 2.27. The zero-order valence-corrected chi connectivity index (χ0v) is 19.1. The van der Waals surface area contributed by atoms with Crippen molar-refractivity contribution < 1.29 is 4.79 Å². The van der Waals surface area contributed by atoms with E-state index in [1.807, 2.05) is 24.3 Å². The zero-order valence-electron chi connectivity index (χ0n) is 19.1. The topological polar surface area (TPSA) is 50.2 Å². The average molecular weight is 419 g/mol. The van der Waals surface area contributed by atoms with Gasteiger partial charge in [0.25, 0.3) is 0 Å². The Morgan fingerprint density at radius 2 is 1.84 bits per heavy atom. The predicted molar refractivity (Wildman–Crippen MR) is 127 cm³/mol. The van der Waals surface area contributed by atoms with Crippen molar-refractivity contribution in [2.24, 2.45) is 5.92 Å². The molecule has 1 amide bonds. The van der Waals surface area contributed by atoms with Crippen LogP contribution in [0.25, 0.3) is 11.0 Å². The monoisotopic (exact) mass is 418 g/mol. The maximum atomic E-state index is 13.1. The summed E-state index contributed by atoms with van der Waals surface area (Å²) in [5.74, 6) is 1.60. The van der Waals surface area contributed by atoms with Crippen LogP contribution in [0.2, 0.25) is 0 Å². The number of fused-ring (bicyclic) bond motifs is 1. The summed E-state index contributed by atoms with van der Waals surface area (Å²) in [7, 11) is 0. The highest BCUT2D eigenvalue weighted by molar-refractivity contribution is 5.93. The lowest BCUT2D eigenvalue weighted by Gasteiger charge is -2.32. The first-order chi connectivity index (χ1) is 14.9. The fraction of sp³-hybridized carbons (Fsp3) is 0.462. The van der Waals surface area contributed by atoms with Gasteiger partial charge in [-0.1, -0.05) is 44.2 Å². The minimum atomic E-state index is 0.00541. The van der Waals surface area contributed by atoms with Gasteiger partial charge >= 0.3 is 0 Å². The van der Waals surface area contributed by atoms with Gasteiger partial charge in [-0.05, 0) is 62.9 Å². The van der Waals surface area contributed by atoms with Crippen LogP contribution in [0.4, 0.5) is 5.69 Å². The molecule has 1 saturated heterocycles. The predicted octanol–water partition coefficient (Wildman–Crippen LogP) is 5.59. The number of amides is 1. The van der Waals surface area contributed by atoms with Gasteiger partial charge in [-0.25, -0.2) is 4.98 Å². The van der Waals surface area contributed by atoms with E-state index in [-0.39, 0.29) is 11.8 Å². The molecule has 31 heavy (non-hydrogen) atoms. The van der Waals surface area contributed by atoms with Crippen molar-refractivity contribution in [3.63, 3.8) is 0 Å². The van der Waals surface area contributed by atoms with Gasteiger partial charge in [0.05, 0.1) is 23.5 Å². The van der Waals surface area contributed by atoms with E-state index in [4.69, 9.17) is 4.98 Å². The van der Waals surface area contributed by atoms with Crippen molar-refractivity contribution in [3.8, 4) is 0 Å². The molecular weight excluding hydrogens is 384 g/mol. The van der Waals surface area contributed by atoms with E-state index >= 15 is 0 Å². The minimum absolute atomic E-state index is 0.00541. The van der Waals surface area contributed by atoms with E-state index in [9.17, 15) is 4.79 Å². The third-order valence-electron chi connectivity index (χ3n) is 6.27. The first-order valence-electron chi connectivity index (χ1n) is 11.5. The van der Waals surface area contributed by atoms with Crippen LogP contribution in [0, 0.1) is 5.92 Å². The molecule has 0 spiro atoms. The summed E-state index contributed by atoms with van der Waals surface area (Å²) < 4.78 is 2.33. The summed E-state index contributed by atoms with van der Waals surface area (Å²) >= 11 is 0. The molecule has 5 nitrogen and oxygen atoms in total. The number of nitrogens with zero attached hydrogens (tertiary/aromatic N) is 3. The molecule has 164 valence electrons. The van der Waals surface area contributed by atoms with Gasteiger partial charge in [0.1, 0.15) is 5.82 Å². The van der Waals surface area contributed by atoms with Crippen LogP contribution in [-0.4, -0.2) is 33.4 Å². The summed E-state index contributed by atoms with van der Waals surface area (Å²) in [5.41, 5.74) is 4.36. The molecule has 4 rings (SSSR count). The third-order valence-corrected chi connectivity index (χ3v) is 6.27. The smallest absolute Gasteiger partial charge is 0.228 e. The Bertz CT molecular complexity index is 1050. The molecule has 1 N–H and O–H groups in total. The number of hydrogen-bond acceptors (Lipinski definition) is 3. The number of nitrogens with one attached hydrogen (secondary N) is 1. The second-order valence-corrected chi connectivity index (χ2v) is 9.29. The molecule has 0 unspecified atom stereocenters. The lowest BCUT2D eigenvalue weighted by Crippen LogP contribution is -2.40. The molecule has 0 radical (unpaired) electrons. The summed E-state index contributed by atoms with van der Waals surface area (Å²) in [6.07, 6.45) is 1.97. The zero-order chi connectivity index (χ0) is 22.0. The van der Waals surface area contributed by atoms with Gasteiger partial charge in [-0.2, -0.15) is 0 Å². The maximum absolute atomic E-state index is 13.1. The van der Waals surface area contributed by atoms with Gasteiger partial charge in [-0.15, -0.1) is 0 Å². The summed E-state index contributed by atoms with van der Waals surface area (Å²) in [5, 5.41) is 3.21. The van der Waals surface area contributed by atoms with Crippen molar-refractivity contribution in [2.45, 2.75) is 59.0 Å². The standard InChI is InChI=1S/C26H34N4O/c1-18(2)21-11-5-6-12-22(21)28-26(31)20-10-9-15-29(16-20)17-25-27-23-13-7-8-14-24(23)30(25)19(3)4/h5-8,11-14,18-20H,9-10,15-17H2,1-4H3,(H,28,31)/t20-/m1/s1. The van der Waals surface area contributed by atoms with Gasteiger partial charge in [0.15, 0.2) is 0 Å². The van der Waals surface area contributed by atoms with Gasteiger partial charge in [-0.3, -0.25) is 9.69 Å². The number of benzene rings is 2. The Morgan fingerprint density at radius 1 is 1.10 bits per heavy atom. The molecule has 1 fully saturated rings. The number of anilines is 1. The molecule has 1 aliphatic rings. The van der Waals surface area contributed by atoms with Crippen LogP contribution in [0.1, 0.15) is 63.9 Å². The summed E-state index contributed by atoms with van der Waals surface area (Å²) in [6, 6.07) is 16.8. The Kier molecular flexibility index (Phi) is 6.42. The van der Waals surface area contributed by atoms with Crippen molar-refractivity contribution in [2.75, 3.05) is 18.4 Å². The van der Waals surface area contributed by atoms with Crippen molar-refractivity contribution in [1.29, 1.82) is 0 Å². The molecule has 0 aliphatic carbocycles. The minimum Gasteiger partial charge on any atom is -0.326 e. The molecule has 5 heteroatoms. The van der Waals surface area contributed by atoms with E-state index in [0.717, 1.165) is 49.5 Å². The largest absolute Gasteiger partial charge is 0.326 e. The fourth-order valence-corrected chi connectivity index (χ4v) is 4.74. The number of piperidine rings is 1. The first kappa shape index (κ1) is 21.6. The van der Waals surface area contributed by atoms with Crippen molar-refractivity contribution in [3.05, 3.63) is 59.9 Å². The van der Waals surface area contributed by atoms with Crippen LogP contribution in [0.3, 0.4) is 0 Å². The Hall–Kier alpha value is -2.66. The Labute approximate surface area is 185 Å². The van der Waals surface area contributed by atoms with E-state index in [0.29, 0.717) is 12.0 Å². The van der Waals surface area contributed by atoms with E-state index in [2.05, 4.69) is 66.7 Å². The number of imidazole rings is 1. The SMILES string of the molecule is CC(C)c1ccccc1NC(=O)[C@@H]1CCCN(Cc2nc3ccccc3n2C(C)C)C1. The quantitative estimate of drug-likeness (QED) is 0.568. The number of para-hydroxylation sites is 3. The molecule has 2 heterocycles. The van der Waals surface area contributed by atoms with Crippen LogP contribution >= 0.6 is 0 Å². The van der Waals surface area contributed by atoms with E-state index in [1.165, 1.54) is 11.1 Å². The van der Waals surface area contributed by atoms with Crippen LogP contribution in [-0.2, 0) is 11.3 Å². The molecule has 3 aromatic rings. The fourth-order valence-electron chi connectivity index (χ4n) is 4.74. The van der Waals surface area contributed by atoms with E-state index < -0.39 is 0 Å². The first-order valence-corrected chi connectivity index (χ1v) is 11.5. The second kappa shape index (κ2) is 9.23. The van der Waals surface area contributed by atoms with Crippen molar-refractivity contribution >= 4 is 22.6 Å². The number of likely N-dealkylation sites (tertiary alicyclic amines) is 1. The van der Waals surface area contributed by atoms with Crippen LogP contribution < -0.4 is 5.32 Å². The number of carbonyl (C=O) groups is 1. The Morgan fingerprint density at radius 3 is 2.61 bits per heavy atom.